The number of rotatable bonds is 7. The molecule has 10 heteroatoms. The molecule has 4 aromatic rings. The number of anilines is 3. The highest BCUT2D eigenvalue weighted by molar-refractivity contribution is 6.11. The number of aromatic amines is 1. The van der Waals surface area contributed by atoms with E-state index in [-0.39, 0.29) is 11.9 Å². The van der Waals surface area contributed by atoms with Gasteiger partial charge in [0.15, 0.2) is 5.82 Å². The maximum atomic E-state index is 14.1. The van der Waals surface area contributed by atoms with E-state index in [1.807, 2.05) is 30.3 Å². The van der Waals surface area contributed by atoms with Crippen molar-refractivity contribution in [3.8, 4) is 0 Å². The molecule has 1 amide bonds. The lowest BCUT2D eigenvalue weighted by molar-refractivity contribution is 0.0904. The number of aromatic nitrogens is 2. The van der Waals surface area contributed by atoms with Crippen LogP contribution in [0.1, 0.15) is 47.2 Å². The van der Waals surface area contributed by atoms with Gasteiger partial charge in [0.25, 0.3) is 5.91 Å². The molecular formula is C33H36F2N6O2. The monoisotopic (exact) mass is 586 g/mol. The van der Waals surface area contributed by atoms with Crippen molar-refractivity contribution < 1.29 is 18.3 Å². The van der Waals surface area contributed by atoms with E-state index in [2.05, 4.69) is 43.7 Å². The van der Waals surface area contributed by atoms with Crippen LogP contribution in [-0.2, 0) is 10.2 Å². The van der Waals surface area contributed by atoms with Crippen LogP contribution >= 0.6 is 0 Å². The molecule has 3 N–H and O–H groups in total. The van der Waals surface area contributed by atoms with Crippen molar-refractivity contribution >= 4 is 34.0 Å². The summed E-state index contributed by atoms with van der Waals surface area (Å²) in [6.45, 7) is 5.25. The molecule has 2 saturated heterocycles. The lowest BCUT2D eigenvalue weighted by Crippen LogP contribution is -2.44. The summed E-state index contributed by atoms with van der Waals surface area (Å²) in [5, 5.41) is 14.9. The average Bonchev–Trinajstić information content (AvgIpc) is 3.73. The third-order valence-corrected chi connectivity index (χ3v) is 9.21. The van der Waals surface area contributed by atoms with Gasteiger partial charge in [-0.3, -0.25) is 9.89 Å². The van der Waals surface area contributed by atoms with Gasteiger partial charge in [-0.05, 0) is 86.3 Å². The second kappa shape index (κ2) is 11.2. The van der Waals surface area contributed by atoms with Gasteiger partial charge in [0, 0.05) is 73.7 Å². The van der Waals surface area contributed by atoms with E-state index in [1.54, 1.807) is 0 Å². The van der Waals surface area contributed by atoms with E-state index in [1.165, 1.54) is 12.1 Å². The fraction of sp³-hybridized carbons (Fsp3) is 0.394. The molecule has 1 saturated carbocycles. The molecule has 8 nitrogen and oxygen atoms in total. The first-order chi connectivity index (χ1) is 20.9. The van der Waals surface area contributed by atoms with Crippen molar-refractivity contribution in [2.45, 2.75) is 37.1 Å². The van der Waals surface area contributed by atoms with Gasteiger partial charge >= 0.3 is 0 Å². The lowest BCUT2D eigenvalue weighted by Gasteiger charge is -2.34. The second-order valence-electron chi connectivity index (χ2n) is 12.1. The number of hydrogen-bond donors (Lipinski definition) is 3. The number of fused-ring (bicyclic) bond motifs is 1. The van der Waals surface area contributed by atoms with Crippen molar-refractivity contribution in [2.24, 2.45) is 0 Å². The summed E-state index contributed by atoms with van der Waals surface area (Å²) in [7, 11) is 2.14. The van der Waals surface area contributed by atoms with Crippen LogP contribution in [0.25, 0.3) is 10.9 Å². The van der Waals surface area contributed by atoms with Gasteiger partial charge in [0.2, 0.25) is 0 Å². The topological polar surface area (TPSA) is 85.5 Å². The molecule has 0 radical (unpaired) electrons. The number of halogens is 2. The Labute approximate surface area is 249 Å². The predicted molar refractivity (Wildman–Crippen MR) is 164 cm³/mol. The van der Waals surface area contributed by atoms with Gasteiger partial charge in [0.1, 0.15) is 11.6 Å². The van der Waals surface area contributed by atoms with Crippen molar-refractivity contribution in [3.63, 3.8) is 0 Å². The number of H-pyrrole nitrogens is 1. The summed E-state index contributed by atoms with van der Waals surface area (Å²) in [4.78, 5) is 18.5. The summed E-state index contributed by atoms with van der Waals surface area (Å²) in [6.07, 6.45) is 3.34. The van der Waals surface area contributed by atoms with Gasteiger partial charge in [-0.15, -0.1) is 0 Å². The highest BCUT2D eigenvalue weighted by Crippen LogP contribution is 2.54. The van der Waals surface area contributed by atoms with Crippen LogP contribution < -0.4 is 15.5 Å². The van der Waals surface area contributed by atoms with Gasteiger partial charge in [-0.1, -0.05) is 6.07 Å². The number of piperazine rings is 1. The van der Waals surface area contributed by atoms with Crippen molar-refractivity contribution in [3.05, 3.63) is 82.9 Å². The molecule has 3 heterocycles. The molecule has 0 spiro atoms. The third-order valence-electron chi connectivity index (χ3n) is 9.21. The zero-order valence-electron chi connectivity index (χ0n) is 24.3. The Hall–Kier alpha value is -4.02. The molecule has 0 atom stereocenters. The number of carbonyl (C=O) groups excluding carboxylic acids is 1. The standard InChI is InChI=1S/C33H36F2N6O2/c1-40-10-12-41(13-11-40)26-3-4-27(30(20-26)36-25-6-14-43-15-7-25)32(42)37-31-28-18-21(2-5-29(28)38-39-31)33(8-9-33)22-16-23(34)19-24(35)17-22/h2-5,16-20,25,36H,6-15H2,1H3,(H2,37,38,39,42). The molecule has 2 aliphatic heterocycles. The highest BCUT2D eigenvalue weighted by Gasteiger charge is 2.46. The van der Waals surface area contributed by atoms with Crippen molar-refractivity contribution in [2.75, 3.05) is 62.0 Å². The summed E-state index contributed by atoms with van der Waals surface area (Å²) in [5.74, 6) is -1.00. The molecule has 1 aromatic heterocycles. The third kappa shape index (κ3) is 5.57. The highest BCUT2D eigenvalue weighted by atomic mass is 19.1. The molecular weight excluding hydrogens is 550 g/mol. The maximum absolute atomic E-state index is 14.1. The van der Waals surface area contributed by atoms with Crippen LogP contribution in [0.15, 0.2) is 54.6 Å². The minimum atomic E-state index is -0.581. The number of hydrogen-bond acceptors (Lipinski definition) is 6. The first-order valence-corrected chi connectivity index (χ1v) is 15.1. The number of carbonyl (C=O) groups is 1. The van der Waals surface area contributed by atoms with Crippen molar-refractivity contribution in [1.29, 1.82) is 0 Å². The van der Waals surface area contributed by atoms with E-state index < -0.39 is 17.0 Å². The lowest BCUT2D eigenvalue weighted by atomic mass is 9.87. The smallest absolute Gasteiger partial charge is 0.258 e. The number of nitrogens with one attached hydrogen (secondary N) is 3. The Balaban J connectivity index is 1.18. The fourth-order valence-electron chi connectivity index (χ4n) is 6.45. The maximum Gasteiger partial charge on any atom is 0.258 e. The molecule has 43 heavy (non-hydrogen) atoms. The van der Waals surface area contributed by atoms with Gasteiger partial charge in [-0.25, -0.2) is 8.78 Å². The SMILES string of the molecule is CN1CCN(c2ccc(C(=O)Nc3n[nH]c4ccc(C5(c6cc(F)cc(F)c6)CC5)cc34)c(NC3CCOCC3)c2)CC1. The number of likely N-dealkylation sites (N-methyl/N-ethyl adjacent to an activating group) is 1. The molecule has 7 rings (SSSR count). The molecule has 3 aromatic carbocycles. The molecule has 0 unspecified atom stereocenters. The fourth-order valence-corrected chi connectivity index (χ4v) is 6.45. The quantitative estimate of drug-likeness (QED) is 0.265. The Bertz CT molecular complexity index is 1630. The Kier molecular flexibility index (Phi) is 7.26. The van der Waals surface area contributed by atoms with E-state index in [0.717, 1.165) is 85.8 Å². The first kappa shape index (κ1) is 27.8. The second-order valence-corrected chi connectivity index (χ2v) is 12.1. The normalized spacial score (nSPS) is 19.0. The van der Waals surface area contributed by atoms with Crippen LogP contribution in [0.3, 0.4) is 0 Å². The van der Waals surface area contributed by atoms with E-state index >= 15 is 0 Å². The largest absolute Gasteiger partial charge is 0.381 e. The average molecular weight is 587 g/mol. The van der Waals surface area contributed by atoms with Crippen LogP contribution in [0, 0.1) is 11.6 Å². The van der Waals surface area contributed by atoms with Gasteiger partial charge in [0.05, 0.1) is 11.1 Å². The Morgan fingerprint density at radius 1 is 0.953 bits per heavy atom. The Morgan fingerprint density at radius 3 is 2.42 bits per heavy atom. The minimum absolute atomic E-state index is 0.221. The zero-order valence-corrected chi connectivity index (χ0v) is 24.3. The van der Waals surface area contributed by atoms with Crippen LogP contribution in [0.2, 0.25) is 0 Å². The molecule has 224 valence electrons. The van der Waals surface area contributed by atoms with Crippen molar-refractivity contribution in [1.82, 2.24) is 15.1 Å². The first-order valence-electron chi connectivity index (χ1n) is 15.1. The zero-order chi connectivity index (χ0) is 29.6. The van der Waals surface area contributed by atoms with Gasteiger partial charge in [-0.2, -0.15) is 5.10 Å². The number of ether oxygens (including phenoxy) is 1. The molecule has 3 aliphatic rings. The van der Waals surface area contributed by atoms with Crippen LogP contribution in [-0.4, -0.2) is 73.5 Å². The van der Waals surface area contributed by atoms with E-state index in [4.69, 9.17) is 4.74 Å². The predicted octanol–water partition coefficient (Wildman–Crippen LogP) is 5.52. The van der Waals surface area contributed by atoms with E-state index in [9.17, 15) is 13.6 Å². The minimum Gasteiger partial charge on any atom is -0.381 e. The number of nitrogens with zero attached hydrogens (tertiary/aromatic N) is 3. The summed E-state index contributed by atoms with van der Waals surface area (Å²) < 4.78 is 33.7. The van der Waals surface area contributed by atoms with Crippen LogP contribution in [0.4, 0.5) is 26.0 Å². The molecule has 3 fully saturated rings. The van der Waals surface area contributed by atoms with Gasteiger partial charge < -0.3 is 25.2 Å². The summed E-state index contributed by atoms with van der Waals surface area (Å²) in [6, 6.07) is 15.8. The Morgan fingerprint density at radius 2 is 1.70 bits per heavy atom. The van der Waals surface area contributed by atoms with E-state index in [0.29, 0.717) is 30.2 Å². The summed E-state index contributed by atoms with van der Waals surface area (Å²) >= 11 is 0. The molecule has 0 bridgehead atoms. The van der Waals surface area contributed by atoms with Crippen LogP contribution in [0.5, 0.6) is 0 Å². The summed E-state index contributed by atoms with van der Waals surface area (Å²) in [5.41, 5.74) is 4.33. The number of amides is 1. The molecule has 1 aliphatic carbocycles. The number of benzene rings is 3.